The Bertz CT molecular complexity index is 499. The number of benzene rings is 1. The number of hydrogen-bond acceptors (Lipinski definition) is 8. The second kappa shape index (κ2) is 15.4. The molecule has 0 fully saturated rings. The Hall–Kier alpha value is -2.10. The van der Waals surface area contributed by atoms with Gasteiger partial charge in [0.1, 0.15) is 0 Å². The molecule has 0 saturated carbocycles. The van der Waals surface area contributed by atoms with Gasteiger partial charge in [0.15, 0.2) is 0 Å². The summed E-state index contributed by atoms with van der Waals surface area (Å²) in [5.74, 6) is 0. The summed E-state index contributed by atoms with van der Waals surface area (Å²) in [6.07, 6.45) is 0. The topological polar surface area (TPSA) is 87.4 Å². The molecule has 142 valence electrons. The first-order valence-corrected chi connectivity index (χ1v) is 8.31. The summed E-state index contributed by atoms with van der Waals surface area (Å²) >= 11 is 0. The second-order valence-electron chi connectivity index (χ2n) is 4.65. The number of ether oxygens (including phenoxy) is 1. The van der Waals surface area contributed by atoms with Crippen LogP contribution in [0.25, 0.3) is 5.69 Å². The molecule has 0 saturated heterocycles. The van der Waals surface area contributed by atoms with Crippen molar-refractivity contribution in [1.82, 2.24) is 25.7 Å². The molecule has 0 unspecified atom stereocenters. The van der Waals surface area contributed by atoms with Crippen LogP contribution in [0, 0.1) is 0 Å². The molecular formula is C16H30N6O3. The second-order valence-corrected chi connectivity index (χ2v) is 4.65. The molecular weight excluding hydrogens is 324 g/mol. The fourth-order valence-corrected chi connectivity index (χ4v) is 1.49. The van der Waals surface area contributed by atoms with Gasteiger partial charge in [0.2, 0.25) is 0 Å². The molecule has 0 N–H and O–H groups in total. The van der Waals surface area contributed by atoms with Crippen LogP contribution in [-0.2, 0) is 14.5 Å². The Morgan fingerprint density at radius 3 is 1.60 bits per heavy atom. The van der Waals surface area contributed by atoms with Crippen molar-refractivity contribution in [2.45, 2.75) is 27.7 Å². The Labute approximate surface area is 149 Å². The molecule has 0 spiro atoms. The summed E-state index contributed by atoms with van der Waals surface area (Å²) in [6, 6.07) is 7.80. The van der Waals surface area contributed by atoms with Gasteiger partial charge in [-0.15, -0.1) is 4.80 Å². The molecule has 0 amide bonds. The van der Waals surface area contributed by atoms with Crippen LogP contribution >= 0.6 is 0 Å². The smallest absolute Gasteiger partial charge is 0.0894 e. The van der Waals surface area contributed by atoms with E-state index < -0.39 is 0 Å². The minimum absolute atomic E-state index is 0.633. The SMILES string of the molecule is CCOCC.CCOOCC.CN(C)c1ccc(-n2nnnn2)cc1. The first-order valence-electron chi connectivity index (χ1n) is 8.31. The molecule has 0 bridgehead atoms. The maximum absolute atomic E-state index is 4.83. The molecule has 0 aliphatic heterocycles. The minimum atomic E-state index is 0.633. The lowest BCUT2D eigenvalue weighted by atomic mass is 10.3. The van der Waals surface area contributed by atoms with Gasteiger partial charge >= 0.3 is 0 Å². The fraction of sp³-hybridized carbons (Fsp3) is 0.625. The van der Waals surface area contributed by atoms with Gasteiger partial charge in [0, 0.05) is 33.0 Å². The van der Waals surface area contributed by atoms with Gasteiger partial charge in [-0.1, -0.05) is 0 Å². The quantitative estimate of drug-likeness (QED) is 0.424. The minimum Gasteiger partial charge on any atom is -0.382 e. The maximum atomic E-state index is 4.83. The van der Waals surface area contributed by atoms with Gasteiger partial charge in [-0.2, -0.15) is 0 Å². The van der Waals surface area contributed by atoms with E-state index >= 15 is 0 Å². The van der Waals surface area contributed by atoms with Gasteiger partial charge < -0.3 is 9.64 Å². The normalized spacial score (nSPS) is 9.52. The monoisotopic (exact) mass is 354 g/mol. The Balaban J connectivity index is 0.000000438. The third-order valence-corrected chi connectivity index (χ3v) is 2.61. The van der Waals surface area contributed by atoms with E-state index in [1.807, 2.05) is 71.0 Å². The van der Waals surface area contributed by atoms with Crippen molar-refractivity contribution in [2.24, 2.45) is 0 Å². The van der Waals surface area contributed by atoms with Crippen LogP contribution in [0.3, 0.4) is 0 Å². The van der Waals surface area contributed by atoms with E-state index in [2.05, 4.69) is 30.6 Å². The Morgan fingerprint density at radius 2 is 1.28 bits per heavy atom. The highest BCUT2D eigenvalue weighted by Crippen LogP contribution is 2.13. The molecule has 2 aromatic rings. The molecule has 1 heterocycles. The predicted octanol–water partition coefficient (Wildman–Crippen LogP) is 2.14. The average Bonchev–Trinajstić information content (AvgIpc) is 3.16. The molecule has 0 aliphatic carbocycles. The number of aromatic nitrogens is 5. The summed E-state index contributed by atoms with van der Waals surface area (Å²) in [4.78, 5) is 12.4. The zero-order valence-corrected chi connectivity index (χ0v) is 16.0. The van der Waals surface area contributed by atoms with Crippen molar-refractivity contribution in [3.05, 3.63) is 24.3 Å². The summed E-state index contributed by atoms with van der Waals surface area (Å²) < 4.78 is 4.83. The summed E-state index contributed by atoms with van der Waals surface area (Å²) in [5.41, 5.74) is 1.97. The zero-order chi connectivity index (χ0) is 18.9. The van der Waals surface area contributed by atoms with Crippen molar-refractivity contribution in [3.8, 4) is 5.69 Å². The molecule has 9 heteroatoms. The van der Waals surface area contributed by atoms with Crippen LogP contribution in [0.15, 0.2) is 24.3 Å². The van der Waals surface area contributed by atoms with Crippen LogP contribution in [0.5, 0.6) is 0 Å². The number of rotatable bonds is 7. The summed E-state index contributed by atoms with van der Waals surface area (Å²) in [6.45, 7) is 10.7. The summed E-state index contributed by atoms with van der Waals surface area (Å²) in [7, 11) is 3.98. The van der Waals surface area contributed by atoms with Gasteiger partial charge in [-0.25, -0.2) is 9.78 Å². The standard InChI is InChI=1S/C8H10N6.C4H10O2.C4H10O/c1-13(2)7-3-5-8(6-4-7)14-11-9-10-12-14;1-3-5-6-4-2;1-3-5-4-2/h3-6H,1-2H3;3-4H2,1-2H3;3-4H2,1-2H3. The molecule has 0 atom stereocenters. The van der Waals surface area contributed by atoms with Crippen LogP contribution in [0.1, 0.15) is 27.7 Å². The van der Waals surface area contributed by atoms with E-state index in [0.29, 0.717) is 13.2 Å². The number of hydrogen-bond donors (Lipinski definition) is 0. The van der Waals surface area contributed by atoms with E-state index in [0.717, 1.165) is 24.6 Å². The first kappa shape index (κ1) is 22.9. The third-order valence-electron chi connectivity index (χ3n) is 2.61. The van der Waals surface area contributed by atoms with E-state index in [1.54, 1.807) is 0 Å². The largest absolute Gasteiger partial charge is 0.382 e. The lowest BCUT2D eigenvalue weighted by Gasteiger charge is -2.11. The van der Waals surface area contributed by atoms with Gasteiger partial charge in [0.25, 0.3) is 0 Å². The number of anilines is 1. The van der Waals surface area contributed by atoms with Crippen molar-refractivity contribution in [3.63, 3.8) is 0 Å². The molecule has 9 nitrogen and oxygen atoms in total. The highest BCUT2D eigenvalue weighted by Gasteiger charge is 1.99. The summed E-state index contributed by atoms with van der Waals surface area (Å²) in [5, 5.41) is 14.2. The Kier molecular flexibility index (Phi) is 14.1. The molecule has 25 heavy (non-hydrogen) atoms. The van der Waals surface area contributed by atoms with Crippen LogP contribution in [0.2, 0.25) is 0 Å². The highest BCUT2D eigenvalue weighted by molar-refractivity contribution is 5.49. The van der Waals surface area contributed by atoms with Crippen molar-refractivity contribution >= 4 is 5.69 Å². The van der Waals surface area contributed by atoms with E-state index in [4.69, 9.17) is 4.74 Å². The van der Waals surface area contributed by atoms with Crippen molar-refractivity contribution in [1.29, 1.82) is 0 Å². The molecule has 0 aliphatic rings. The van der Waals surface area contributed by atoms with Crippen LogP contribution < -0.4 is 4.90 Å². The molecule has 1 aromatic carbocycles. The van der Waals surface area contributed by atoms with E-state index in [-0.39, 0.29) is 0 Å². The Morgan fingerprint density at radius 1 is 0.800 bits per heavy atom. The average molecular weight is 354 g/mol. The molecule has 0 radical (unpaired) electrons. The first-order chi connectivity index (χ1) is 12.1. The maximum Gasteiger partial charge on any atom is 0.0894 e. The fourth-order valence-electron chi connectivity index (χ4n) is 1.49. The third kappa shape index (κ3) is 11.1. The lowest BCUT2D eigenvalue weighted by molar-refractivity contribution is -0.287. The van der Waals surface area contributed by atoms with Crippen molar-refractivity contribution in [2.75, 3.05) is 45.4 Å². The predicted molar refractivity (Wildman–Crippen MR) is 96.7 cm³/mol. The van der Waals surface area contributed by atoms with Gasteiger partial charge in [-0.05, 0) is 72.8 Å². The highest BCUT2D eigenvalue weighted by atomic mass is 17.2. The number of nitrogens with zero attached hydrogens (tertiary/aromatic N) is 6. The van der Waals surface area contributed by atoms with E-state index in [9.17, 15) is 0 Å². The van der Waals surface area contributed by atoms with Gasteiger partial charge in [-0.3, -0.25) is 0 Å². The van der Waals surface area contributed by atoms with Crippen LogP contribution in [-0.4, -0.2) is 66.2 Å². The van der Waals surface area contributed by atoms with Gasteiger partial charge in [0.05, 0.1) is 18.9 Å². The molecule has 1 aromatic heterocycles. The lowest BCUT2D eigenvalue weighted by Crippen LogP contribution is -2.08. The van der Waals surface area contributed by atoms with Crippen molar-refractivity contribution < 1.29 is 14.5 Å². The van der Waals surface area contributed by atoms with Crippen LogP contribution in [0.4, 0.5) is 5.69 Å². The molecule has 2 rings (SSSR count). The zero-order valence-electron chi connectivity index (χ0n) is 16.0. The van der Waals surface area contributed by atoms with E-state index in [1.165, 1.54) is 4.80 Å².